The first-order valence-electron chi connectivity index (χ1n) is 10.1. The van der Waals surface area contributed by atoms with Crippen molar-refractivity contribution < 1.29 is 24.9 Å². The Morgan fingerprint density at radius 2 is 2.07 bits per heavy atom. The van der Waals surface area contributed by atoms with Crippen LogP contribution >= 0.6 is 11.8 Å². The second-order valence-corrected chi connectivity index (χ2v) is 9.85. The fraction of sp³-hybridized carbons (Fsp3) is 0.789. The van der Waals surface area contributed by atoms with Crippen LogP contribution in [0.2, 0.25) is 0 Å². The molecule has 0 aromatic rings. The van der Waals surface area contributed by atoms with E-state index in [2.05, 4.69) is 10.6 Å². The lowest BCUT2D eigenvalue weighted by molar-refractivity contribution is -0.163. The first-order valence-corrected chi connectivity index (χ1v) is 11.0. The van der Waals surface area contributed by atoms with Crippen LogP contribution in [0.25, 0.3) is 0 Å². The molecule has 0 radical (unpaired) electrons. The van der Waals surface area contributed by atoms with Gasteiger partial charge in [0.2, 0.25) is 5.91 Å². The van der Waals surface area contributed by atoms with Crippen LogP contribution in [0.3, 0.4) is 0 Å². The second-order valence-electron chi connectivity index (χ2n) is 8.51. The minimum atomic E-state index is -1.09. The molecule has 156 valence electrons. The first kappa shape index (κ1) is 20.2. The van der Waals surface area contributed by atoms with Gasteiger partial charge in [0.15, 0.2) is 0 Å². The van der Waals surface area contributed by atoms with Crippen molar-refractivity contribution in [1.29, 1.82) is 0 Å². The molecule has 3 fully saturated rings. The van der Waals surface area contributed by atoms with Crippen LogP contribution < -0.4 is 10.6 Å². The average molecular weight is 412 g/mol. The zero-order valence-electron chi connectivity index (χ0n) is 16.2. The molecule has 0 aromatic heterocycles. The number of carboxylic acid groups (broad SMARTS) is 1. The Morgan fingerprint density at radius 3 is 2.68 bits per heavy atom. The van der Waals surface area contributed by atoms with Crippen molar-refractivity contribution in [3.63, 3.8) is 0 Å². The quantitative estimate of drug-likeness (QED) is 0.374. The van der Waals surface area contributed by atoms with Gasteiger partial charge in [0.1, 0.15) is 5.70 Å². The van der Waals surface area contributed by atoms with E-state index in [9.17, 15) is 24.9 Å². The van der Waals surface area contributed by atoms with E-state index in [1.807, 2.05) is 6.92 Å². The largest absolute Gasteiger partial charge is 0.477 e. The van der Waals surface area contributed by atoms with Gasteiger partial charge in [0.05, 0.1) is 24.2 Å². The predicted molar refractivity (Wildman–Crippen MR) is 104 cm³/mol. The molecule has 3 saturated heterocycles. The van der Waals surface area contributed by atoms with Crippen LogP contribution in [-0.4, -0.2) is 81.3 Å². The number of aliphatic hydroxyl groups excluding tert-OH is 2. The normalized spacial score (nSPS) is 39.9. The molecule has 1 amide bonds. The molecule has 6 unspecified atom stereocenters. The third-order valence-corrected chi connectivity index (χ3v) is 8.23. The minimum absolute atomic E-state index is 0.0110. The Balaban J connectivity index is 1.47. The number of aliphatic hydroxyl groups is 2. The fourth-order valence-corrected chi connectivity index (χ4v) is 6.73. The van der Waals surface area contributed by atoms with Crippen LogP contribution in [0, 0.1) is 17.8 Å². The van der Waals surface area contributed by atoms with Crippen molar-refractivity contribution in [3.8, 4) is 0 Å². The smallest absolute Gasteiger partial charge is 0.353 e. The molecule has 28 heavy (non-hydrogen) atoms. The van der Waals surface area contributed by atoms with Crippen molar-refractivity contribution in [2.24, 2.45) is 17.8 Å². The number of hydrogen-bond donors (Lipinski definition) is 5. The van der Waals surface area contributed by atoms with E-state index in [1.165, 1.54) is 16.7 Å². The molecule has 4 aliphatic heterocycles. The van der Waals surface area contributed by atoms with Gasteiger partial charge in [0.25, 0.3) is 0 Å². The topological polar surface area (TPSA) is 122 Å². The lowest BCUT2D eigenvalue weighted by atomic mass is 9.79. The molecule has 8 nitrogen and oxygen atoms in total. The van der Waals surface area contributed by atoms with Gasteiger partial charge in [-0.05, 0) is 26.3 Å². The van der Waals surface area contributed by atoms with E-state index in [-0.39, 0.29) is 40.8 Å². The van der Waals surface area contributed by atoms with Gasteiger partial charge in [-0.1, -0.05) is 6.92 Å². The number of nitrogens with one attached hydrogen (secondary N) is 2. The van der Waals surface area contributed by atoms with Crippen molar-refractivity contribution in [3.05, 3.63) is 10.6 Å². The summed E-state index contributed by atoms with van der Waals surface area (Å²) in [6.07, 6.45) is 0.547. The monoisotopic (exact) mass is 411 g/mol. The van der Waals surface area contributed by atoms with Crippen molar-refractivity contribution in [2.75, 3.05) is 19.6 Å². The van der Waals surface area contributed by atoms with Crippen molar-refractivity contribution >= 4 is 23.6 Å². The number of hydrogen-bond acceptors (Lipinski definition) is 7. The molecule has 4 rings (SSSR count). The maximum Gasteiger partial charge on any atom is 0.353 e. The number of carbonyl (C=O) groups excluding carboxylic acids is 1. The Labute approximate surface area is 168 Å². The maximum atomic E-state index is 12.4. The minimum Gasteiger partial charge on any atom is -0.477 e. The number of β-lactam (4-membered cyclic amide) rings is 1. The van der Waals surface area contributed by atoms with E-state index in [1.54, 1.807) is 6.92 Å². The summed E-state index contributed by atoms with van der Waals surface area (Å²) in [6, 6.07) is -0.265. The number of nitrogens with zero attached hydrogens (tertiary/aromatic N) is 1. The van der Waals surface area contributed by atoms with E-state index < -0.39 is 24.1 Å². The SMILES string of the molecule is CC(O)C1C(=O)N2C(C(=O)O)=C(SC3CN[C@H](C(O)[C@@H]4CCNC4)C3)C(C)C12. The Kier molecular flexibility index (Phi) is 5.47. The number of thioether (sulfide) groups is 1. The molecule has 0 spiro atoms. The molecule has 9 heteroatoms. The molecule has 0 saturated carbocycles. The van der Waals surface area contributed by atoms with E-state index in [0.717, 1.165) is 30.8 Å². The number of carboxylic acids is 1. The molecule has 4 aliphatic rings. The van der Waals surface area contributed by atoms with Gasteiger partial charge in [-0.2, -0.15) is 0 Å². The Bertz CT molecular complexity index is 693. The molecule has 8 atom stereocenters. The number of aliphatic carboxylic acids is 1. The Hall–Kier alpha value is -1.13. The third kappa shape index (κ3) is 3.17. The third-order valence-electron chi connectivity index (χ3n) is 6.72. The highest BCUT2D eigenvalue weighted by atomic mass is 32.2. The molecular weight excluding hydrogens is 382 g/mol. The highest BCUT2D eigenvalue weighted by Crippen LogP contribution is 2.51. The van der Waals surface area contributed by atoms with E-state index in [4.69, 9.17) is 0 Å². The number of fused-ring (bicyclic) bond motifs is 1. The number of rotatable bonds is 6. The summed E-state index contributed by atoms with van der Waals surface area (Å²) in [5, 5.41) is 37.2. The van der Waals surface area contributed by atoms with E-state index in [0.29, 0.717) is 6.54 Å². The molecule has 4 heterocycles. The number of carbonyl (C=O) groups is 2. The summed E-state index contributed by atoms with van der Waals surface area (Å²) < 4.78 is 0. The summed E-state index contributed by atoms with van der Waals surface area (Å²) in [5.74, 6) is -1.78. The summed E-state index contributed by atoms with van der Waals surface area (Å²) in [5.41, 5.74) is 0.0772. The summed E-state index contributed by atoms with van der Waals surface area (Å²) in [4.78, 5) is 26.4. The van der Waals surface area contributed by atoms with Crippen LogP contribution in [0.4, 0.5) is 0 Å². The Morgan fingerprint density at radius 1 is 1.32 bits per heavy atom. The van der Waals surface area contributed by atoms with Gasteiger partial charge in [-0.25, -0.2) is 4.79 Å². The molecule has 0 bridgehead atoms. The van der Waals surface area contributed by atoms with Crippen molar-refractivity contribution in [1.82, 2.24) is 15.5 Å². The summed E-state index contributed by atoms with van der Waals surface area (Å²) in [7, 11) is 0. The van der Waals surface area contributed by atoms with Gasteiger partial charge < -0.3 is 30.9 Å². The molecular formula is C19H29N3O5S. The van der Waals surface area contributed by atoms with Crippen molar-refractivity contribution in [2.45, 2.75) is 56.2 Å². The van der Waals surface area contributed by atoms with Gasteiger partial charge >= 0.3 is 5.97 Å². The summed E-state index contributed by atoms with van der Waals surface area (Å²) >= 11 is 1.52. The zero-order chi connectivity index (χ0) is 20.2. The maximum absolute atomic E-state index is 12.4. The molecule has 0 aliphatic carbocycles. The standard InChI is InChI=1S/C19H29N3O5S/c1-8-14-13(9(2)23)18(25)22(14)15(19(26)27)17(8)28-11-5-12(21-7-11)16(24)10-3-4-20-6-10/h8-14,16,20-21,23-24H,3-7H2,1-2H3,(H,26,27)/t8?,9?,10-,11?,12+,13?,14?,16?/m1/s1. The summed E-state index contributed by atoms with van der Waals surface area (Å²) in [6.45, 7) is 6.00. The second kappa shape index (κ2) is 7.60. The van der Waals surface area contributed by atoms with E-state index >= 15 is 0 Å². The van der Waals surface area contributed by atoms with Gasteiger partial charge in [0, 0.05) is 41.1 Å². The van der Waals surface area contributed by atoms with Crippen LogP contribution in [-0.2, 0) is 9.59 Å². The zero-order valence-corrected chi connectivity index (χ0v) is 17.0. The average Bonchev–Trinajstić information content (AvgIpc) is 3.35. The predicted octanol–water partition coefficient (Wildman–Crippen LogP) is -0.426. The molecule has 0 aromatic carbocycles. The van der Waals surface area contributed by atoms with Crippen LogP contribution in [0.5, 0.6) is 0 Å². The lowest BCUT2D eigenvalue weighted by Crippen LogP contribution is -2.63. The molecule has 5 N–H and O–H groups in total. The lowest BCUT2D eigenvalue weighted by Gasteiger charge is -2.46. The highest BCUT2D eigenvalue weighted by Gasteiger charge is 2.60. The fourth-order valence-electron chi connectivity index (χ4n) is 5.24. The number of amides is 1. The van der Waals surface area contributed by atoms with Gasteiger partial charge in [-0.15, -0.1) is 11.8 Å². The first-order chi connectivity index (χ1) is 13.3. The van der Waals surface area contributed by atoms with Gasteiger partial charge in [-0.3, -0.25) is 4.79 Å². The highest BCUT2D eigenvalue weighted by molar-refractivity contribution is 8.03. The van der Waals surface area contributed by atoms with Crippen LogP contribution in [0.1, 0.15) is 26.7 Å². The van der Waals surface area contributed by atoms with Crippen LogP contribution in [0.15, 0.2) is 10.6 Å².